The molecule has 2 rings (SSSR count). The summed E-state index contributed by atoms with van der Waals surface area (Å²) >= 11 is 5.48. The molecular formula is C13H10ClF2N3O2. The fraction of sp³-hybridized carbons (Fsp3) is 0.154. The quantitative estimate of drug-likeness (QED) is 0.696. The Labute approximate surface area is 123 Å². The van der Waals surface area contributed by atoms with Crippen LogP contribution in [0.1, 0.15) is 17.4 Å². The first-order valence-electron chi connectivity index (χ1n) is 5.73. The van der Waals surface area contributed by atoms with Gasteiger partial charge in [0.1, 0.15) is 0 Å². The molecule has 8 heteroatoms. The van der Waals surface area contributed by atoms with E-state index < -0.39 is 17.4 Å². The zero-order valence-electron chi connectivity index (χ0n) is 11.1. The van der Waals surface area contributed by atoms with Crippen LogP contribution < -0.4 is 10.5 Å². The van der Waals surface area contributed by atoms with Gasteiger partial charge >= 0.3 is 0 Å². The maximum Gasteiger partial charge on any atom is 0.190 e. The molecule has 0 bridgehead atoms. The summed E-state index contributed by atoms with van der Waals surface area (Å²) in [5.41, 5.74) is 5.28. The van der Waals surface area contributed by atoms with Gasteiger partial charge in [-0.05, 0) is 12.1 Å². The van der Waals surface area contributed by atoms with Crippen molar-refractivity contribution in [1.82, 2.24) is 9.97 Å². The molecule has 1 heterocycles. The monoisotopic (exact) mass is 313 g/mol. The number of ketones is 1. The minimum atomic E-state index is -1.23. The molecule has 0 aliphatic heterocycles. The van der Waals surface area contributed by atoms with Crippen LogP contribution in [-0.4, -0.2) is 22.9 Å². The second-order valence-electron chi connectivity index (χ2n) is 4.09. The Balaban J connectivity index is 2.71. The Morgan fingerprint density at radius 2 is 1.95 bits per heavy atom. The van der Waals surface area contributed by atoms with Crippen LogP contribution in [0, 0.1) is 11.6 Å². The smallest absolute Gasteiger partial charge is 0.190 e. The number of rotatable bonds is 3. The second kappa shape index (κ2) is 5.61. The average molecular weight is 314 g/mol. The molecule has 21 heavy (non-hydrogen) atoms. The highest BCUT2D eigenvalue weighted by Crippen LogP contribution is 2.30. The molecule has 0 unspecified atom stereocenters. The van der Waals surface area contributed by atoms with Crippen LogP contribution in [-0.2, 0) is 0 Å². The van der Waals surface area contributed by atoms with Crippen molar-refractivity contribution >= 4 is 23.2 Å². The SMILES string of the molecule is COc1c(N)nc(-c2ccc(Cl)c(F)c2F)nc1C(C)=O. The Morgan fingerprint density at radius 1 is 1.29 bits per heavy atom. The molecular weight excluding hydrogens is 304 g/mol. The van der Waals surface area contributed by atoms with E-state index in [1.165, 1.54) is 20.1 Å². The minimum Gasteiger partial charge on any atom is -0.491 e. The number of nitrogens with two attached hydrogens (primary N) is 1. The molecule has 0 aliphatic carbocycles. The maximum absolute atomic E-state index is 13.9. The van der Waals surface area contributed by atoms with Gasteiger partial charge < -0.3 is 10.5 Å². The number of Topliss-reactive ketones (excluding diaryl/α,β-unsaturated/α-hetero) is 1. The number of anilines is 1. The molecule has 0 amide bonds. The van der Waals surface area contributed by atoms with E-state index >= 15 is 0 Å². The van der Waals surface area contributed by atoms with Crippen molar-refractivity contribution in [3.8, 4) is 17.1 Å². The Kier molecular flexibility index (Phi) is 4.04. The standard InChI is InChI=1S/C13H10ClF2N3O2/c1-5(20)10-11(21-2)12(17)19-13(18-10)6-3-4-7(14)9(16)8(6)15/h3-4H,1-2H3,(H2,17,18,19). The fourth-order valence-corrected chi connectivity index (χ4v) is 1.87. The van der Waals surface area contributed by atoms with Crippen molar-refractivity contribution < 1.29 is 18.3 Å². The van der Waals surface area contributed by atoms with E-state index in [4.69, 9.17) is 22.1 Å². The molecule has 0 saturated heterocycles. The van der Waals surface area contributed by atoms with E-state index in [1.54, 1.807) is 0 Å². The van der Waals surface area contributed by atoms with Gasteiger partial charge in [0.15, 0.2) is 40.5 Å². The van der Waals surface area contributed by atoms with Gasteiger partial charge in [0.2, 0.25) is 0 Å². The normalized spacial score (nSPS) is 10.5. The van der Waals surface area contributed by atoms with Gasteiger partial charge in [-0.3, -0.25) is 4.79 Å². The number of hydrogen-bond donors (Lipinski definition) is 1. The van der Waals surface area contributed by atoms with E-state index in [2.05, 4.69) is 9.97 Å². The van der Waals surface area contributed by atoms with Gasteiger partial charge in [-0.2, -0.15) is 0 Å². The molecule has 1 aromatic carbocycles. The largest absolute Gasteiger partial charge is 0.491 e. The fourth-order valence-electron chi connectivity index (χ4n) is 1.73. The Morgan fingerprint density at radius 3 is 2.52 bits per heavy atom. The lowest BCUT2D eigenvalue weighted by Gasteiger charge is -2.10. The highest BCUT2D eigenvalue weighted by molar-refractivity contribution is 6.30. The highest BCUT2D eigenvalue weighted by Gasteiger charge is 2.21. The van der Waals surface area contributed by atoms with Crippen molar-refractivity contribution in [2.75, 3.05) is 12.8 Å². The third kappa shape index (κ3) is 2.64. The van der Waals surface area contributed by atoms with E-state index in [-0.39, 0.29) is 33.7 Å². The minimum absolute atomic E-state index is 0.0129. The van der Waals surface area contributed by atoms with E-state index in [0.717, 1.165) is 6.07 Å². The van der Waals surface area contributed by atoms with E-state index in [1.807, 2.05) is 0 Å². The zero-order valence-corrected chi connectivity index (χ0v) is 11.8. The van der Waals surface area contributed by atoms with Crippen LogP contribution in [0.2, 0.25) is 5.02 Å². The first-order chi connectivity index (χ1) is 9.86. The number of carbonyl (C=O) groups excluding carboxylic acids is 1. The number of benzene rings is 1. The van der Waals surface area contributed by atoms with Crippen LogP contribution in [0.15, 0.2) is 12.1 Å². The lowest BCUT2D eigenvalue weighted by Crippen LogP contribution is -2.09. The summed E-state index contributed by atoms with van der Waals surface area (Å²) < 4.78 is 32.3. The zero-order chi connectivity index (χ0) is 15.7. The molecule has 0 aliphatic rings. The molecule has 0 fully saturated rings. The number of aromatic nitrogens is 2. The van der Waals surface area contributed by atoms with Gasteiger partial charge in [0.25, 0.3) is 0 Å². The van der Waals surface area contributed by atoms with Crippen molar-refractivity contribution in [2.24, 2.45) is 0 Å². The van der Waals surface area contributed by atoms with Crippen molar-refractivity contribution in [1.29, 1.82) is 0 Å². The summed E-state index contributed by atoms with van der Waals surface area (Å²) in [6, 6.07) is 2.36. The number of nitrogen functional groups attached to an aromatic ring is 1. The summed E-state index contributed by atoms with van der Waals surface area (Å²) in [5.74, 6) is -3.29. The Bertz CT molecular complexity index is 738. The topological polar surface area (TPSA) is 78.1 Å². The van der Waals surface area contributed by atoms with Crippen LogP contribution in [0.3, 0.4) is 0 Å². The van der Waals surface area contributed by atoms with Crippen LogP contribution in [0.4, 0.5) is 14.6 Å². The molecule has 5 nitrogen and oxygen atoms in total. The number of halogens is 3. The van der Waals surface area contributed by atoms with Crippen molar-refractivity contribution in [3.63, 3.8) is 0 Å². The third-order valence-corrected chi connectivity index (χ3v) is 3.00. The van der Waals surface area contributed by atoms with Crippen LogP contribution >= 0.6 is 11.6 Å². The second-order valence-corrected chi connectivity index (χ2v) is 4.50. The maximum atomic E-state index is 13.9. The highest BCUT2D eigenvalue weighted by atomic mass is 35.5. The molecule has 0 radical (unpaired) electrons. The third-order valence-electron chi connectivity index (χ3n) is 2.71. The molecule has 110 valence electrons. The average Bonchev–Trinajstić information content (AvgIpc) is 2.44. The molecule has 2 aromatic rings. The lowest BCUT2D eigenvalue weighted by molar-refractivity contribution is 0.101. The molecule has 0 atom stereocenters. The predicted molar refractivity (Wildman–Crippen MR) is 73.4 cm³/mol. The summed E-state index contributed by atoms with van der Waals surface area (Å²) in [6.07, 6.45) is 0. The molecule has 0 spiro atoms. The van der Waals surface area contributed by atoms with E-state index in [0.29, 0.717) is 0 Å². The number of methoxy groups -OCH3 is 1. The Hall–Kier alpha value is -2.28. The molecule has 0 saturated carbocycles. The van der Waals surface area contributed by atoms with Gasteiger partial charge in [-0.15, -0.1) is 0 Å². The molecule has 1 aromatic heterocycles. The van der Waals surface area contributed by atoms with Gasteiger partial charge in [0.05, 0.1) is 17.7 Å². The summed E-state index contributed by atoms with van der Waals surface area (Å²) in [4.78, 5) is 19.3. The first kappa shape index (κ1) is 15.1. The van der Waals surface area contributed by atoms with Crippen LogP contribution in [0.5, 0.6) is 5.75 Å². The predicted octanol–water partition coefficient (Wildman–Crippen LogP) is 2.87. The molecule has 2 N–H and O–H groups in total. The number of carbonyl (C=O) groups is 1. The number of nitrogens with zero attached hydrogens (tertiary/aromatic N) is 2. The summed E-state index contributed by atoms with van der Waals surface area (Å²) in [7, 11) is 1.30. The van der Waals surface area contributed by atoms with Gasteiger partial charge in [0, 0.05) is 6.92 Å². The summed E-state index contributed by atoms with van der Waals surface area (Å²) in [6.45, 7) is 1.24. The number of ether oxygens (including phenoxy) is 1. The van der Waals surface area contributed by atoms with Gasteiger partial charge in [-0.1, -0.05) is 11.6 Å². The first-order valence-corrected chi connectivity index (χ1v) is 6.11. The van der Waals surface area contributed by atoms with Crippen molar-refractivity contribution in [2.45, 2.75) is 6.92 Å². The summed E-state index contributed by atoms with van der Waals surface area (Å²) in [5, 5.41) is -0.371. The van der Waals surface area contributed by atoms with E-state index in [9.17, 15) is 13.6 Å². The van der Waals surface area contributed by atoms with Crippen LogP contribution in [0.25, 0.3) is 11.4 Å². The van der Waals surface area contributed by atoms with Crippen molar-refractivity contribution in [3.05, 3.63) is 34.5 Å². The number of hydrogen-bond acceptors (Lipinski definition) is 5. The lowest BCUT2D eigenvalue weighted by atomic mass is 10.1. The van der Waals surface area contributed by atoms with Gasteiger partial charge in [-0.25, -0.2) is 18.7 Å².